The molecule has 0 aliphatic carbocycles. The molecule has 5 heteroatoms. The summed E-state index contributed by atoms with van der Waals surface area (Å²) in [5.74, 6) is 1.28. The van der Waals surface area contributed by atoms with E-state index in [2.05, 4.69) is 19.2 Å². The maximum absolute atomic E-state index is 12.1. The molecule has 0 atom stereocenters. The van der Waals surface area contributed by atoms with Gasteiger partial charge in [-0.1, -0.05) is 32.4 Å². The quantitative estimate of drug-likeness (QED) is 0.711. The first-order valence-corrected chi connectivity index (χ1v) is 7.51. The molecule has 0 aliphatic rings. The lowest BCUT2D eigenvalue weighted by molar-refractivity contribution is 0.182. The number of ether oxygens (including phenoxy) is 2. The fourth-order valence-electron chi connectivity index (χ4n) is 1.96. The molecule has 0 unspecified atom stereocenters. The third kappa shape index (κ3) is 5.94. The number of amides is 2. The second kappa shape index (κ2) is 9.91. The zero-order chi connectivity index (χ0) is 15.5. The number of nitrogens with zero attached hydrogens (tertiary/aromatic N) is 1. The van der Waals surface area contributed by atoms with Gasteiger partial charge in [0.25, 0.3) is 0 Å². The number of benzene rings is 1. The zero-order valence-electron chi connectivity index (χ0n) is 13.2. The van der Waals surface area contributed by atoms with Crippen LogP contribution in [0.5, 0.6) is 11.5 Å². The van der Waals surface area contributed by atoms with Gasteiger partial charge in [0.15, 0.2) is 18.2 Å². The van der Waals surface area contributed by atoms with Gasteiger partial charge >= 0.3 is 6.03 Å². The lowest BCUT2D eigenvalue weighted by atomic mass is 10.3. The molecule has 0 fully saturated rings. The highest BCUT2D eigenvalue weighted by Gasteiger charge is 2.11. The number of methoxy groups -OCH3 is 1. The lowest BCUT2D eigenvalue weighted by Crippen LogP contribution is -2.42. The second-order valence-electron chi connectivity index (χ2n) is 4.76. The van der Waals surface area contributed by atoms with E-state index >= 15 is 0 Å². The molecule has 0 saturated carbocycles. The smallest absolute Gasteiger partial charge is 0.320 e. The molecule has 0 saturated heterocycles. The fraction of sp³-hybridized carbons (Fsp3) is 0.562. The summed E-state index contributed by atoms with van der Waals surface area (Å²) in [7, 11) is 1.59. The molecule has 0 bridgehead atoms. The van der Waals surface area contributed by atoms with E-state index in [9.17, 15) is 4.79 Å². The zero-order valence-corrected chi connectivity index (χ0v) is 13.2. The fourth-order valence-corrected chi connectivity index (χ4v) is 1.96. The van der Waals surface area contributed by atoms with Crippen molar-refractivity contribution in [3.63, 3.8) is 0 Å². The van der Waals surface area contributed by atoms with Gasteiger partial charge in [0, 0.05) is 13.1 Å². The van der Waals surface area contributed by atoms with Crippen molar-refractivity contribution in [2.75, 3.05) is 26.9 Å². The van der Waals surface area contributed by atoms with E-state index in [0.717, 1.165) is 32.4 Å². The minimum Gasteiger partial charge on any atom is -0.493 e. The highest BCUT2D eigenvalue weighted by Crippen LogP contribution is 2.25. The Morgan fingerprint density at radius 3 is 2.48 bits per heavy atom. The van der Waals surface area contributed by atoms with Crippen molar-refractivity contribution in [3.8, 4) is 11.5 Å². The van der Waals surface area contributed by atoms with E-state index in [1.807, 2.05) is 29.2 Å². The Morgan fingerprint density at radius 1 is 1.14 bits per heavy atom. The van der Waals surface area contributed by atoms with E-state index < -0.39 is 0 Å². The van der Waals surface area contributed by atoms with Gasteiger partial charge in [-0.25, -0.2) is 4.79 Å². The van der Waals surface area contributed by atoms with Crippen LogP contribution in [-0.2, 0) is 0 Å². The van der Waals surface area contributed by atoms with Crippen LogP contribution < -0.4 is 14.8 Å². The van der Waals surface area contributed by atoms with Crippen molar-refractivity contribution in [1.82, 2.24) is 10.2 Å². The van der Waals surface area contributed by atoms with Crippen molar-refractivity contribution in [2.24, 2.45) is 0 Å². The van der Waals surface area contributed by atoms with E-state index in [-0.39, 0.29) is 12.8 Å². The Bertz CT molecular complexity index is 424. The van der Waals surface area contributed by atoms with Crippen LogP contribution in [0.3, 0.4) is 0 Å². The van der Waals surface area contributed by atoms with Crippen LogP contribution in [0.1, 0.15) is 33.1 Å². The summed E-state index contributed by atoms with van der Waals surface area (Å²) in [5, 5.41) is 2.79. The molecule has 1 rings (SSSR count). The van der Waals surface area contributed by atoms with Crippen molar-refractivity contribution in [2.45, 2.75) is 33.1 Å². The van der Waals surface area contributed by atoms with E-state index in [0.29, 0.717) is 11.5 Å². The van der Waals surface area contributed by atoms with Gasteiger partial charge in [-0.3, -0.25) is 0 Å². The minimum absolute atomic E-state index is 0.0832. The predicted molar refractivity (Wildman–Crippen MR) is 83.8 cm³/mol. The molecule has 21 heavy (non-hydrogen) atoms. The topological polar surface area (TPSA) is 50.8 Å². The van der Waals surface area contributed by atoms with Gasteiger partial charge in [-0.05, 0) is 25.0 Å². The summed E-state index contributed by atoms with van der Waals surface area (Å²) in [4.78, 5) is 13.9. The predicted octanol–water partition coefficient (Wildman–Crippen LogP) is 3.25. The maximum Gasteiger partial charge on any atom is 0.320 e. The average molecular weight is 294 g/mol. The summed E-state index contributed by atoms with van der Waals surface area (Å²) in [6, 6.07) is 7.29. The number of urea groups is 1. The molecular weight excluding hydrogens is 268 g/mol. The van der Waals surface area contributed by atoms with Crippen LogP contribution in [0.25, 0.3) is 0 Å². The first-order valence-electron chi connectivity index (χ1n) is 7.51. The maximum atomic E-state index is 12.1. The third-order valence-electron chi connectivity index (χ3n) is 3.08. The number of rotatable bonds is 9. The number of carbonyl (C=O) groups excluding carboxylic acids is 1. The largest absolute Gasteiger partial charge is 0.493 e. The van der Waals surface area contributed by atoms with Crippen molar-refractivity contribution >= 4 is 6.03 Å². The van der Waals surface area contributed by atoms with Gasteiger partial charge in [0.2, 0.25) is 0 Å². The molecule has 0 spiro atoms. The Kier molecular flexibility index (Phi) is 8.09. The molecule has 1 N–H and O–H groups in total. The SMILES string of the molecule is CCCCN(CCC)C(=O)NCOc1ccccc1OC. The number of carbonyl (C=O) groups is 1. The van der Waals surface area contributed by atoms with E-state index in [1.54, 1.807) is 7.11 Å². The highest BCUT2D eigenvalue weighted by atomic mass is 16.5. The molecule has 118 valence electrons. The first-order chi connectivity index (χ1) is 10.2. The summed E-state index contributed by atoms with van der Waals surface area (Å²) < 4.78 is 10.7. The number of nitrogens with one attached hydrogen (secondary N) is 1. The third-order valence-corrected chi connectivity index (χ3v) is 3.08. The van der Waals surface area contributed by atoms with Crippen LogP contribution >= 0.6 is 0 Å². The monoisotopic (exact) mass is 294 g/mol. The summed E-state index contributed by atoms with van der Waals surface area (Å²) in [6.07, 6.45) is 3.04. The molecule has 5 nitrogen and oxygen atoms in total. The van der Waals surface area contributed by atoms with Crippen LogP contribution in [0.4, 0.5) is 4.79 Å². The molecule has 0 aliphatic heterocycles. The lowest BCUT2D eigenvalue weighted by Gasteiger charge is -2.22. The molecule has 1 aromatic rings. The summed E-state index contributed by atoms with van der Waals surface area (Å²) >= 11 is 0. The van der Waals surface area contributed by atoms with E-state index in [4.69, 9.17) is 9.47 Å². The average Bonchev–Trinajstić information content (AvgIpc) is 2.51. The number of hydrogen-bond acceptors (Lipinski definition) is 3. The van der Waals surface area contributed by atoms with Crippen molar-refractivity contribution in [1.29, 1.82) is 0 Å². The van der Waals surface area contributed by atoms with Gasteiger partial charge < -0.3 is 19.7 Å². The minimum atomic E-state index is -0.0832. The van der Waals surface area contributed by atoms with Gasteiger partial charge in [-0.2, -0.15) is 0 Å². The number of unbranched alkanes of at least 4 members (excludes halogenated alkanes) is 1. The summed E-state index contributed by atoms with van der Waals surface area (Å²) in [6.45, 7) is 5.86. The number of hydrogen-bond donors (Lipinski definition) is 1. The Morgan fingerprint density at radius 2 is 1.86 bits per heavy atom. The molecule has 0 radical (unpaired) electrons. The highest BCUT2D eigenvalue weighted by molar-refractivity contribution is 5.74. The van der Waals surface area contributed by atoms with Crippen molar-refractivity contribution in [3.05, 3.63) is 24.3 Å². The Balaban J connectivity index is 2.43. The van der Waals surface area contributed by atoms with E-state index in [1.165, 1.54) is 0 Å². The first kappa shape index (κ1) is 17.1. The van der Waals surface area contributed by atoms with Gasteiger partial charge in [0.05, 0.1) is 7.11 Å². The molecule has 1 aromatic carbocycles. The second-order valence-corrected chi connectivity index (χ2v) is 4.76. The Hall–Kier alpha value is -1.91. The van der Waals surface area contributed by atoms with Crippen LogP contribution in [0.2, 0.25) is 0 Å². The standard InChI is InChI=1S/C16H26N2O3/c1-4-6-12-18(11-5-2)16(19)17-13-21-15-10-8-7-9-14(15)20-3/h7-10H,4-6,11-13H2,1-3H3,(H,17,19). The van der Waals surface area contributed by atoms with Crippen LogP contribution in [0, 0.1) is 0 Å². The van der Waals surface area contributed by atoms with Gasteiger partial charge in [0.1, 0.15) is 0 Å². The molecule has 0 heterocycles. The van der Waals surface area contributed by atoms with Crippen molar-refractivity contribution < 1.29 is 14.3 Å². The van der Waals surface area contributed by atoms with Gasteiger partial charge in [-0.15, -0.1) is 0 Å². The molecular formula is C16H26N2O3. The number of para-hydroxylation sites is 2. The molecule has 2 amide bonds. The molecule has 0 aromatic heterocycles. The summed E-state index contributed by atoms with van der Waals surface area (Å²) in [5.41, 5.74) is 0. The Labute approximate surface area is 127 Å². The van der Waals surface area contributed by atoms with Crippen LogP contribution in [0.15, 0.2) is 24.3 Å². The van der Waals surface area contributed by atoms with Crippen LogP contribution in [-0.4, -0.2) is 37.9 Å². The normalized spacial score (nSPS) is 10.0.